The largest absolute Gasteiger partial charge is 0.467 e. The number of methoxy groups -OCH3 is 1. The summed E-state index contributed by atoms with van der Waals surface area (Å²) in [5, 5.41) is 17.3. The smallest absolute Gasteiger partial charge is 0.331 e. The molecule has 0 radical (unpaired) electrons. The molecule has 0 bridgehead atoms. The van der Waals surface area contributed by atoms with Crippen LogP contribution in [-0.2, 0) is 25.5 Å². The highest BCUT2D eigenvalue weighted by atomic mass is 16.5. The van der Waals surface area contributed by atoms with E-state index >= 15 is 0 Å². The van der Waals surface area contributed by atoms with Crippen molar-refractivity contribution in [3.63, 3.8) is 0 Å². The molecule has 9 heteroatoms. The SMILES string of the molecule is COC(=O)[C@H](NC(=O)[C@H](Cc1ccccc1)NC(=O)CNC(=O)c1ccccc1)[C@@H](C)O. The van der Waals surface area contributed by atoms with Crippen molar-refractivity contribution in [2.45, 2.75) is 31.5 Å². The number of esters is 1. The van der Waals surface area contributed by atoms with Gasteiger partial charge < -0.3 is 25.8 Å². The molecule has 0 fully saturated rings. The van der Waals surface area contributed by atoms with Gasteiger partial charge in [-0.05, 0) is 24.6 Å². The number of nitrogens with one attached hydrogen (secondary N) is 3. The Morgan fingerprint density at radius 3 is 2.09 bits per heavy atom. The zero-order valence-electron chi connectivity index (χ0n) is 17.9. The number of benzene rings is 2. The van der Waals surface area contributed by atoms with Crippen LogP contribution < -0.4 is 16.0 Å². The van der Waals surface area contributed by atoms with E-state index < -0.39 is 41.9 Å². The van der Waals surface area contributed by atoms with Crippen molar-refractivity contribution in [1.82, 2.24) is 16.0 Å². The van der Waals surface area contributed by atoms with Gasteiger partial charge in [-0.2, -0.15) is 0 Å². The van der Waals surface area contributed by atoms with Gasteiger partial charge in [0.2, 0.25) is 11.8 Å². The van der Waals surface area contributed by atoms with Crippen molar-refractivity contribution >= 4 is 23.7 Å². The third-order valence-electron chi connectivity index (χ3n) is 4.62. The lowest BCUT2D eigenvalue weighted by molar-refractivity contribution is -0.148. The number of rotatable bonds is 10. The third-order valence-corrected chi connectivity index (χ3v) is 4.62. The van der Waals surface area contributed by atoms with E-state index in [4.69, 9.17) is 0 Å². The molecule has 3 atom stereocenters. The maximum atomic E-state index is 12.8. The van der Waals surface area contributed by atoms with Gasteiger partial charge >= 0.3 is 5.97 Å². The van der Waals surface area contributed by atoms with E-state index in [1.807, 2.05) is 6.07 Å². The van der Waals surface area contributed by atoms with Crippen molar-refractivity contribution in [2.75, 3.05) is 13.7 Å². The highest BCUT2D eigenvalue weighted by Crippen LogP contribution is 2.05. The van der Waals surface area contributed by atoms with E-state index in [9.17, 15) is 24.3 Å². The first-order valence-corrected chi connectivity index (χ1v) is 10.0. The summed E-state index contributed by atoms with van der Waals surface area (Å²) in [6.07, 6.45) is -1.07. The molecule has 4 N–H and O–H groups in total. The van der Waals surface area contributed by atoms with Crippen LogP contribution in [0.15, 0.2) is 60.7 Å². The van der Waals surface area contributed by atoms with E-state index in [2.05, 4.69) is 20.7 Å². The lowest BCUT2D eigenvalue weighted by atomic mass is 10.0. The molecule has 0 spiro atoms. The summed E-state index contributed by atoms with van der Waals surface area (Å²) in [7, 11) is 1.14. The summed E-state index contributed by atoms with van der Waals surface area (Å²) < 4.78 is 4.61. The van der Waals surface area contributed by atoms with Crippen LogP contribution in [0.3, 0.4) is 0 Å². The molecular weight excluding hydrogens is 414 g/mol. The zero-order valence-corrected chi connectivity index (χ0v) is 17.9. The Labute approximate surface area is 186 Å². The van der Waals surface area contributed by atoms with E-state index in [-0.39, 0.29) is 13.0 Å². The van der Waals surface area contributed by atoms with Gasteiger partial charge in [-0.1, -0.05) is 48.5 Å². The molecule has 2 aromatic carbocycles. The topological polar surface area (TPSA) is 134 Å². The Bertz CT molecular complexity index is 918. The van der Waals surface area contributed by atoms with Crippen LogP contribution in [-0.4, -0.2) is 60.6 Å². The molecule has 2 rings (SSSR count). The molecule has 32 heavy (non-hydrogen) atoms. The van der Waals surface area contributed by atoms with Gasteiger partial charge in [-0.3, -0.25) is 14.4 Å². The van der Waals surface area contributed by atoms with E-state index in [0.29, 0.717) is 5.56 Å². The highest BCUT2D eigenvalue weighted by Gasteiger charge is 2.30. The van der Waals surface area contributed by atoms with Crippen LogP contribution in [0.4, 0.5) is 0 Å². The maximum absolute atomic E-state index is 12.8. The minimum absolute atomic E-state index is 0.138. The first-order chi connectivity index (χ1) is 15.3. The van der Waals surface area contributed by atoms with Crippen LogP contribution in [0.25, 0.3) is 0 Å². The van der Waals surface area contributed by atoms with Gasteiger partial charge in [0, 0.05) is 12.0 Å². The highest BCUT2D eigenvalue weighted by molar-refractivity contribution is 5.97. The van der Waals surface area contributed by atoms with Crippen molar-refractivity contribution in [3.05, 3.63) is 71.8 Å². The fourth-order valence-electron chi connectivity index (χ4n) is 2.91. The van der Waals surface area contributed by atoms with Crippen molar-refractivity contribution in [1.29, 1.82) is 0 Å². The monoisotopic (exact) mass is 441 g/mol. The Balaban J connectivity index is 2.06. The predicted octanol–water partition coefficient (Wildman–Crippen LogP) is 0.183. The average Bonchev–Trinajstić information content (AvgIpc) is 2.80. The summed E-state index contributed by atoms with van der Waals surface area (Å²) in [6.45, 7) is 0.995. The van der Waals surface area contributed by atoms with Crippen molar-refractivity contribution in [3.8, 4) is 0 Å². The molecule has 0 heterocycles. The summed E-state index contributed by atoms with van der Waals surface area (Å²) in [6, 6.07) is 15.0. The third kappa shape index (κ3) is 7.51. The number of ether oxygens (including phenoxy) is 1. The van der Waals surface area contributed by atoms with Gasteiger partial charge in [0.05, 0.1) is 19.8 Å². The molecule has 3 amide bonds. The van der Waals surface area contributed by atoms with Gasteiger partial charge in [-0.25, -0.2) is 4.79 Å². The fourth-order valence-corrected chi connectivity index (χ4v) is 2.91. The molecule has 0 aliphatic carbocycles. The van der Waals surface area contributed by atoms with Crippen LogP contribution in [0.5, 0.6) is 0 Å². The van der Waals surface area contributed by atoms with Crippen LogP contribution in [0.2, 0.25) is 0 Å². The number of hydrogen-bond donors (Lipinski definition) is 4. The summed E-state index contributed by atoms with van der Waals surface area (Å²) in [5.74, 6) is -2.50. The Morgan fingerprint density at radius 1 is 0.938 bits per heavy atom. The number of amides is 3. The first kappa shape index (κ1) is 24.5. The molecular formula is C23H27N3O6. The molecule has 170 valence electrons. The summed E-state index contributed by atoms with van der Waals surface area (Å²) in [5.41, 5.74) is 1.17. The molecule has 0 saturated carbocycles. The van der Waals surface area contributed by atoms with Gasteiger partial charge in [-0.15, -0.1) is 0 Å². The second-order valence-corrected chi connectivity index (χ2v) is 7.11. The normalized spacial score (nSPS) is 13.2. The number of aliphatic hydroxyl groups excluding tert-OH is 1. The molecule has 0 saturated heterocycles. The van der Waals surface area contributed by atoms with Crippen LogP contribution in [0, 0.1) is 0 Å². The minimum Gasteiger partial charge on any atom is -0.467 e. The standard InChI is InChI=1S/C23H27N3O6/c1-15(27)20(23(31)32-2)26-22(30)18(13-16-9-5-3-6-10-16)25-19(28)14-24-21(29)17-11-7-4-8-12-17/h3-12,15,18,20,27H,13-14H2,1-2H3,(H,24,29)(H,25,28)(H,26,30)/t15-,18+,20-/m1/s1. The lowest BCUT2D eigenvalue weighted by Gasteiger charge is -2.24. The quantitative estimate of drug-likeness (QED) is 0.389. The number of aliphatic hydroxyl groups is 1. The first-order valence-electron chi connectivity index (χ1n) is 10.0. The Kier molecular flexibility index (Phi) is 9.37. The van der Waals surface area contributed by atoms with E-state index in [1.54, 1.807) is 54.6 Å². The summed E-state index contributed by atoms with van der Waals surface area (Å²) in [4.78, 5) is 49.3. The van der Waals surface area contributed by atoms with Crippen molar-refractivity contribution in [2.24, 2.45) is 0 Å². The lowest BCUT2D eigenvalue weighted by Crippen LogP contribution is -2.56. The molecule has 0 aliphatic rings. The Hall–Kier alpha value is -3.72. The van der Waals surface area contributed by atoms with Crippen LogP contribution >= 0.6 is 0 Å². The minimum atomic E-state index is -1.29. The van der Waals surface area contributed by atoms with Gasteiger partial charge in [0.1, 0.15) is 6.04 Å². The molecule has 0 aromatic heterocycles. The van der Waals surface area contributed by atoms with E-state index in [0.717, 1.165) is 12.7 Å². The Morgan fingerprint density at radius 2 is 1.53 bits per heavy atom. The average molecular weight is 441 g/mol. The number of hydrogen-bond acceptors (Lipinski definition) is 6. The van der Waals surface area contributed by atoms with E-state index in [1.165, 1.54) is 6.92 Å². The molecule has 0 unspecified atom stereocenters. The number of carbonyl (C=O) groups excluding carboxylic acids is 4. The van der Waals surface area contributed by atoms with Gasteiger partial charge in [0.15, 0.2) is 6.04 Å². The molecule has 0 aliphatic heterocycles. The second-order valence-electron chi connectivity index (χ2n) is 7.11. The van der Waals surface area contributed by atoms with Gasteiger partial charge in [0.25, 0.3) is 5.91 Å². The zero-order chi connectivity index (χ0) is 23.5. The molecule has 9 nitrogen and oxygen atoms in total. The fraction of sp³-hybridized carbons (Fsp3) is 0.304. The summed E-state index contributed by atoms with van der Waals surface area (Å²) >= 11 is 0. The maximum Gasteiger partial charge on any atom is 0.331 e. The second kappa shape index (κ2) is 12.2. The number of carbonyl (C=O) groups is 4. The van der Waals surface area contributed by atoms with Crippen LogP contribution in [0.1, 0.15) is 22.8 Å². The van der Waals surface area contributed by atoms with Crippen molar-refractivity contribution < 1.29 is 29.0 Å². The molecule has 2 aromatic rings. The predicted molar refractivity (Wildman–Crippen MR) is 116 cm³/mol.